The fraction of sp³-hybridized carbons (Fsp3) is 0.346. The molecule has 1 saturated heterocycles. The van der Waals surface area contributed by atoms with Gasteiger partial charge in [-0.05, 0) is 42.3 Å². The zero-order valence-electron chi connectivity index (χ0n) is 19.4. The molecule has 0 spiro atoms. The van der Waals surface area contributed by atoms with Crippen molar-refractivity contribution in [2.24, 2.45) is 0 Å². The highest BCUT2D eigenvalue weighted by atomic mass is 16.5. The first kappa shape index (κ1) is 23.5. The number of ether oxygens (including phenoxy) is 2. The Hall–Kier alpha value is -3.65. The van der Waals surface area contributed by atoms with Crippen molar-refractivity contribution in [3.8, 4) is 11.5 Å². The summed E-state index contributed by atoms with van der Waals surface area (Å²) in [6.07, 6.45) is 0.954. The van der Waals surface area contributed by atoms with Gasteiger partial charge in [-0.25, -0.2) is 4.68 Å². The minimum atomic E-state index is -0.253. The van der Waals surface area contributed by atoms with Crippen molar-refractivity contribution in [2.45, 2.75) is 13.0 Å². The first-order valence-corrected chi connectivity index (χ1v) is 11.5. The van der Waals surface area contributed by atoms with E-state index in [4.69, 9.17) is 9.47 Å². The molecule has 2 aromatic carbocycles. The third-order valence-electron chi connectivity index (χ3n) is 5.94. The summed E-state index contributed by atoms with van der Waals surface area (Å²) < 4.78 is 12.2. The molecule has 34 heavy (non-hydrogen) atoms. The van der Waals surface area contributed by atoms with Crippen molar-refractivity contribution < 1.29 is 14.3 Å². The number of piperazine rings is 1. The van der Waals surface area contributed by atoms with Crippen LogP contribution in [0, 0.1) is 0 Å². The Labute approximate surface area is 199 Å². The lowest BCUT2D eigenvalue weighted by molar-refractivity contribution is 0.0629. The summed E-state index contributed by atoms with van der Waals surface area (Å²) in [5.74, 6) is 1.44. The number of hydrogen-bond acceptors (Lipinski definition) is 6. The maximum atomic E-state index is 13.0. The summed E-state index contributed by atoms with van der Waals surface area (Å²) in [6.45, 7) is 4.41. The Bertz CT molecular complexity index is 1120. The Morgan fingerprint density at radius 2 is 1.62 bits per heavy atom. The molecule has 0 saturated carbocycles. The molecule has 1 aliphatic heterocycles. The van der Waals surface area contributed by atoms with Crippen LogP contribution < -0.4 is 15.0 Å². The zero-order valence-corrected chi connectivity index (χ0v) is 19.4. The third-order valence-corrected chi connectivity index (χ3v) is 5.94. The van der Waals surface area contributed by atoms with Crippen LogP contribution >= 0.6 is 0 Å². The molecule has 0 atom stereocenters. The Morgan fingerprint density at radius 3 is 2.32 bits per heavy atom. The lowest BCUT2D eigenvalue weighted by atomic mass is 10.1. The van der Waals surface area contributed by atoms with Gasteiger partial charge in [0.1, 0.15) is 23.8 Å². The lowest BCUT2D eigenvalue weighted by Crippen LogP contribution is -2.49. The van der Waals surface area contributed by atoms with E-state index in [1.54, 1.807) is 7.11 Å². The van der Waals surface area contributed by atoms with E-state index < -0.39 is 0 Å². The maximum absolute atomic E-state index is 13.0. The number of carbonyl (C=O) groups excluding carboxylic acids is 1. The fourth-order valence-corrected chi connectivity index (χ4v) is 3.91. The molecule has 0 aliphatic carbocycles. The van der Waals surface area contributed by atoms with Gasteiger partial charge < -0.3 is 14.4 Å². The van der Waals surface area contributed by atoms with Gasteiger partial charge >= 0.3 is 0 Å². The number of para-hydroxylation sites is 1. The highest BCUT2D eigenvalue weighted by molar-refractivity contribution is 5.92. The second kappa shape index (κ2) is 11.5. The normalized spacial score (nSPS) is 14.1. The van der Waals surface area contributed by atoms with Gasteiger partial charge in [-0.15, -0.1) is 0 Å². The lowest BCUT2D eigenvalue weighted by Gasteiger charge is -2.34. The van der Waals surface area contributed by atoms with Gasteiger partial charge in [0, 0.05) is 38.8 Å². The predicted octanol–water partition coefficient (Wildman–Crippen LogP) is 2.33. The molecule has 2 heterocycles. The molecule has 1 aromatic heterocycles. The van der Waals surface area contributed by atoms with E-state index >= 15 is 0 Å². The summed E-state index contributed by atoms with van der Waals surface area (Å²) in [5.41, 5.74) is 1.30. The summed E-state index contributed by atoms with van der Waals surface area (Å²) in [6, 6.07) is 20.4. The van der Waals surface area contributed by atoms with Crippen molar-refractivity contribution in [2.75, 3.05) is 46.4 Å². The molecule has 0 unspecified atom stereocenters. The van der Waals surface area contributed by atoms with Crippen LogP contribution in [0.1, 0.15) is 16.1 Å². The summed E-state index contributed by atoms with van der Waals surface area (Å²) in [7, 11) is 1.67. The monoisotopic (exact) mass is 462 g/mol. The van der Waals surface area contributed by atoms with E-state index in [1.165, 1.54) is 22.4 Å². The topological polar surface area (TPSA) is 76.9 Å². The van der Waals surface area contributed by atoms with E-state index in [2.05, 4.69) is 22.1 Å². The average molecular weight is 463 g/mol. The van der Waals surface area contributed by atoms with Gasteiger partial charge in [0.15, 0.2) is 0 Å². The minimum absolute atomic E-state index is 0.146. The van der Waals surface area contributed by atoms with Crippen molar-refractivity contribution in [1.82, 2.24) is 19.6 Å². The highest BCUT2D eigenvalue weighted by Gasteiger charge is 2.23. The Balaban J connectivity index is 1.26. The molecular weight excluding hydrogens is 432 g/mol. The van der Waals surface area contributed by atoms with Crippen LogP contribution in [-0.4, -0.2) is 71.9 Å². The fourth-order valence-electron chi connectivity index (χ4n) is 3.91. The van der Waals surface area contributed by atoms with Gasteiger partial charge in [0.25, 0.3) is 11.5 Å². The van der Waals surface area contributed by atoms with Crippen molar-refractivity contribution >= 4 is 5.91 Å². The molecule has 8 nitrogen and oxygen atoms in total. The summed E-state index contributed by atoms with van der Waals surface area (Å²) in [5, 5.41) is 4.30. The number of amides is 1. The second-order valence-electron chi connectivity index (χ2n) is 8.17. The number of rotatable bonds is 9. The number of nitrogens with zero attached hydrogens (tertiary/aromatic N) is 4. The number of methoxy groups -OCH3 is 1. The van der Waals surface area contributed by atoms with Crippen LogP contribution in [0.3, 0.4) is 0 Å². The molecule has 178 valence electrons. The second-order valence-corrected chi connectivity index (χ2v) is 8.17. The average Bonchev–Trinajstić information content (AvgIpc) is 2.89. The highest BCUT2D eigenvalue weighted by Crippen LogP contribution is 2.13. The van der Waals surface area contributed by atoms with Gasteiger partial charge in [-0.2, -0.15) is 5.10 Å². The maximum Gasteiger partial charge on any atom is 0.274 e. The first-order chi connectivity index (χ1) is 16.6. The minimum Gasteiger partial charge on any atom is -0.497 e. The molecule has 1 aliphatic rings. The molecular formula is C26H30N4O4. The van der Waals surface area contributed by atoms with Crippen LogP contribution in [0.25, 0.3) is 0 Å². The largest absolute Gasteiger partial charge is 0.497 e. The molecule has 0 bridgehead atoms. The van der Waals surface area contributed by atoms with Crippen LogP contribution in [0.2, 0.25) is 0 Å². The standard InChI is InChI=1S/C26H30N4O4/c1-33-22-9-7-21(8-10-22)13-14-28-15-17-29(18-16-28)26(32)24-11-12-25(31)30(27-24)19-20-34-23-5-3-2-4-6-23/h2-12H,13-20H2,1H3. The summed E-state index contributed by atoms with van der Waals surface area (Å²) >= 11 is 0. The number of carbonyl (C=O) groups is 1. The molecule has 8 heteroatoms. The van der Waals surface area contributed by atoms with E-state index in [9.17, 15) is 9.59 Å². The molecule has 0 N–H and O–H groups in total. The van der Waals surface area contributed by atoms with E-state index in [1.807, 2.05) is 47.4 Å². The van der Waals surface area contributed by atoms with Gasteiger partial charge in [0.05, 0.1) is 13.7 Å². The molecule has 3 aromatic rings. The van der Waals surface area contributed by atoms with E-state index in [0.717, 1.165) is 37.6 Å². The van der Waals surface area contributed by atoms with Crippen LogP contribution in [0.15, 0.2) is 71.5 Å². The van der Waals surface area contributed by atoms with Crippen LogP contribution in [0.5, 0.6) is 11.5 Å². The SMILES string of the molecule is COc1ccc(CCN2CCN(C(=O)c3ccc(=O)n(CCOc4ccccc4)n3)CC2)cc1. The van der Waals surface area contributed by atoms with Gasteiger partial charge in [-0.3, -0.25) is 14.5 Å². The van der Waals surface area contributed by atoms with Crippen molar-refractivity contribution in [1.29, 1.82) is 0 Å². The van der Waals surface area contributed by atoms with Gasteiger partial charge in [0.2, 0.25) is 0 Å². The van der Waals surface area contributed by atoms with Crippen LogP contribution in [-0.2, 0) is 13.0 Å². The third kappa shape index (κ3) is 6.23. The Kier molecular flexibility index (Phi) is 7.93. The smallest absolute Gasteiger partial charge is 0.274 e. The van der Waals surface area contributed by atoms with Gasteiger partial charge in [-0.1, -0.05) is 30.3 Å². The molecule has 4 rings (SSSR count). The first-order valence-electron chi connectivity index (χ1n) is 11.5. The molecule has 1 fully saturated rings. The molecule has 1 amide bonds. The van der Waals surface area contributed by atoms with Crippen molar-refractivity contribution in [3.05, 3.63) is 88.3 Å². The van der Waals surface area contributed by atoms with E-state index in [0.29, 0.717) is 19.7 Å². The summed E-state index contributed by atoms with van der Waals surface area (Å²) in [4.78, 5) is 29.3. The van der Waals surface area contributed by atoms with E-state index in [-0.39, 0.29) is 23.7 Å². The van der Waals surface area contributed by atoms with Crippen molar-refractivity contribution in [3.63, 3.8) is 0 Å². The van der Waals surface area contributed by atoms with Crippen LogP contribution in [0.4, 0.5) is 0 Å². The number of hydrogen-bond donors (Lipinski definition) is 0. The number of aromatic nitrogens is 2. The Morgan fingerprint density at radius 1 is 0.882 bits per heavy atom. The quantitative estimate of drug-likeness (QED) is 0.486. The number of benzene rings is 2. The predicted molar refractivity (Wildman–Crippen MR) is 129 cm³/mol. The zero-order chi connectivity index (χ0) is 23.8. The molecule has 0 radical (unpaired) electrons.